The zero-order chi connectivity index (χ0) is 20.1. The highest BCUT2D eigenvalue weighted by molar-refractivity contribution is 5.82. The summed E-state index contributed by atoms with van der Waals surface area (Å²) in [6.45, 7) is 13.9. The second kappa shape index (κ2) is 8.87. The Labute approximate surface area is 157 Å². The Bertz CT molecular complexity index is 503. The Morgan fingerprint density at radius 1 is 1.19 bits per heavy atom. The van der Waals surface area contributed by atoms with Crippen LogP contribution < -0.4 is 0 Å². The summed E-state index contributed by atoms with van der Waals surface area (Å²) in [6, 6.07) is -0.601. The Hall–Kier alpha value is -1.59. The number of hydrogen-bond donors (Lipinski definition) is 0. The highest BCUT2D eigenvalue weighted by Gasteiger charge is 2.40. The molecule has 0 aromatic rings. The molecule has 0 spiro atoms. The van der Waals surface area contributed by atoms with Crippen LogP contribution in [0.15, 0.2) is 0 Å². The molecule has 0 saturated carbocycles. The summed E-state index contributed by atoms with van der Waals surface area (Å²) in [4.78, 5) is 37.4. The van der Waals surface area contributed by atoms with Crippen LogP contribution in [0, 0.1) is 11.3 Å². The number of rotatable bonds is 6. The van der Waals surface area contributed by atoms with Gasteiger partial charge in [0.2, 0.25) is 0 Å². The van der Waals surface area contributed by atoms with E-state index in [4.69, 9.17) is 9.47 Å². The fourth-order valence-corrected chi connectivity index (χ4v) is 2.97. The molecule has 6 nitrogen and oxygen atoms in total. The molecular formula is C20H35NO5. The van der Waals surface area contributed by atoms with Gasteiger partial charge in [-0.15, -0.1) is 0 Å². The van der Waals surface area contributed by atoms with Crippen LogP contribution in [0.5, 0.6) is 0 Å². The summed E-state index contributed by atoms with van der Waals surface area (Å²) >= 11 is 0. The first-order chi connectivity index (χ1) is 11.8. The summed E-state index contributed by atoms with van der Waals surface area (Å²) in [5.74, 6) is -0.248. The molecule has 1 rings (SSSR count). The highest BCUT2D eigenvalue weighted by Crippen LogP contribution is 2.30. The Kier molecular flexibility index (Phi) is 7.66. The zero-order valence-corrected chi connectivity index (χ0v) is 17.3. The SMILES string of the molecule is C[C@@H](CC=O)C[C@H](OC(=O)[C@@H]1CCCN1C(=O)OC(C)(C)C)C(C)(C)C. The van der Waals surface area contributed by atoms with E-state index in [1.54, 1.807) is 20.8 Å². The molecule has 1 saturated heterocycles. The van der Waals surface area contributed by atoms with E-state index in [0.29, 0.717) is 25.8 Å². The average Bonchev–Trinajstić information content (AvgIpc) is 2.93. The van der Waals surface area contributed by atoms with Crippen molar-refractivity contribution in [3.05, 3.63) is 0 Å². The first kappa shape index (κ1) is 22.5. The van der Waals surface area contributed by atoms with Gasteiger partial charge >= 0.3 is 12.1 Å². The third-order valence-corrected chi connectivity index (χ3v) is 4.49. The van der Waals surface area contributed by atoms with Gasteiger partial charge in [-0.25, -0.2) is 9.59 Å². The van der Waals surface area contributed by atoms with Crippen LogP contribution in [0.1, 0.15) is 74.1 Å². The Morgan fingerprint density at radius 2 is 1.81 bits per heavy atom. The van der Waals surface area contributed by atoms with Gasteiger partial charge in [-0.05, 0) is 51.4 Å². The van der Waals surface area contributed by atoms with Crippen LogP contribution in [-0.2, 0) is 19.1 Å². The first-order valence-electron chi connectivity index (χ1n) is 9.49. The molecule has 1 aliphatic heterocycles. The van der Waals surface area contributed by atoms with Crippen molar-refractivity contribution in [1.29, 1.82) is 0 Å². The molecule has 1 heterocycles. The lowest BCUT2D eigenvalue weighted by molar-refractivity contribution is -0.161. The molecule has 0 radical (unpaired) electrons. The number of carbonyl (C=O) groups excluding carboxylic acids is 3. The molecule has 0 N–H and O–H groups in total. The summed E-state index contributed by atoms with van der Waals surface area (Å²) in [5, 5.41) is 0. The van der Waals surface area contributed by atoms with E-state index in [1.165, 1.54) is 4.90 Å². The first-order valence-corrected chi connectivity index (χ1v) is 9.49. The van der Waals surface area contributed by atoms with Gasteiger partial charge in [-0.3, -0.25) is 4.90 Å². The van der Waals surface area contributed by atoms with Crippen molar-refractivity contribution >= 4 is 18.3 Å². The van der Waals surface area contributed by atoms with Gasteiger partial charge < -0.3 is 14.3 Å². The molecular weight excluding hydrogens is 334 g/mol. The fraction of sp³-hybridized carbons (Fsp3) is 0.850. The molecule has 0 aliphatic carbocycles. The predicted molar refractivity (Wildman–Crippen MR) is 99.8 cm³/mol. The van der Waals surface area contributed by atoms with E-state index in [0.717, 1.165) is 12.7 Å². The van der Waals surface area contributed by atoms with Crippen molar-refractivity contribution in [2.75, 3.05) is 6.54 Å². The number of nitrogens with zero attached hydrogens (tertiary/aromatic N) is 1. The minimum atomic E-state index is -0.605. The summed E-state index contributed by atoms with van der Waals surface area (Å²) in [5.41, 5.74) is -0.853. The molecule has 1 aliphatic rings. The average molecular weight is 370 g/mol. The number of hydrogen-bond acceptors (Lipinski definition) is 5. The van der Waals surface area contributed by atoms with Crippen LogP contribution in [0.4, 0.5) is 4.79 Å². The molecule has 0 unspecified atom stereocenters. The number of amides is 1. The molecule has 1 fully saturated rings. The third kappa shape index (κ3) is 6.96. The number of carbonyl (C=O) groups is 3. The molecule has 6 heteroatoms. The predicted octanol–water partition coefficient (Wildman–Crippen LogP) is 3.96. The van der Waals surface area contributed by atoms with E-state index in [9.17, 15) is 14.4 Å². The standard InChI is InChI=1S/C20H35NO5/c1-14(10-12-22)13-16(19(2,3)4)25-17(23)15-9-8-11-21(15)18(24)26-20(5,6)7/h12,14-16H,8-11,13H2,1-7H3/t14-,15-,16-/m0/s1. The van der Waals surface area contributed by atoms with E-state index < -0.39 is 17.7 Å². The van der Waals surface area contributed by atoms with Crippen LogP contribution in [0.25, 0.3) is 0 Å². The van der Waals surface area contributed by atoms with Gasteiger partial charge in [0.25, 0.3) is 0 Å². The van der Waals surface area contributed by atoms with Crippen LogP contribution in [0.3, 0.4) is 0 Å². The minimum Gasteiger partial charge on any atom is -0.460 e. The van der Waals surface area contributed by atoms with Crippen LogP contribution in [0.2, 0.25) is 0 Å². The minimum absolute atomic E-state index is 0.134. The van der Waals surface area contributed by atoms with Gasteiger partial charge in [0.15, 0.2) is 0 Å². The monoisotopic (exact) mass is 369 g/mol. The van der Waals surface area contributed by atoms with Crippen molar-refractivity contribution in [2.45, 2.75) is 91.9 Å². The fourth-order valence-electron chi connectivity index (χ4n) is 2.97. The number of aldehydes is 1. The summed E-state index contributed by atoms with van der Waals surface area (Å²) < 4.78 is 11.2. The maximum Gasteiger partial charge on any atom is 0.411 e. The van der Waals surface area contributed by atoms with Crippen molar-refractivity contribution in [2.24, 2.45) is 11.3 Å². The largest absolute Gasteiger partial charge is 0.460 e. The molecule has 150 valence electrons. The van der Waals surface area contributed by atoms with Gasteiger partial charge in [0, 0.05) is 13.0 Å². The molecule has 0 aromatic carbocycles. The molecule has 1 amide bonds. The second-order valence-electron chi connectivity index (χ2n) is 9.37. The van der Waals surface area contributed by atoms with E-state index in [-0.39, 0.29) is 23.4 Å². The van der Waals surface area contributed by atoms with Gasteiger partial charge in [0.05, 0.1) is 0 Å². The number of likely N-dealkylation sites (tertiary alicyclic amines) is 1. The van der Waals surface area contributed by atoms with Gasteiger partial charge in [-0.2, -0.15) is 0 Å². The van der Waals surface area contributed by atoms with E-state index in [1.807, 2.05) is 27.7 Å². The van der Waals surface area contributed by atoms with Crippen molar-refractivity contribution in [3.63, 3.8) is 0 Å². The van der Waals surface area contributed by atoms with Crippen molar-refractivity contribution in [3.8, 4) is 0 Å². The Balaban J connectivity index is 2.81. The second-order valence-corrected chi connectivity index (χ2v) is 9.37. The molecule has 0 bridgehead atoms. The quantitative estimate of drug-likeness (QED) is 0.523. The lowest BCUT2D eigenvalue weighted by Crippen LogP contribution is -2.46. The van der Waals surface area contributed by atoms with E-state index >= 15 is 0 Å². The lowest BCUT2D eigenvalue weighted by atomic mass is 9.83. The number of esters is 1. The maximum absolute atomic E-state index is 12.8. The smallest absolute Gasteiger partial charge is 0.411 e. The molecule has 0 aromatic heterocycles. The van der Waals surface area contributed by atoms with Gasteiger partial charge in [-0.1, -0.05) is 27.7 Å². The summed E-state index contributed by atoms with van der Waals surface area (Å²) in [7, 11) is 0. The summed E-state index contributed by atoms with van der Waals surface area (Å²) in [6.07, 6.45) is 2.50. The van der Waals surface area contributed by atoms with Crippen molar-refractivity contribution < 1.29 is 23.9 Å². The van der Waals surface area contributed by atoms with Crippen LogP contribution in [-0.4, -0.2) is 47.5 Å². The normalized spacial score (nSPS) is 20.4. The topological polar surface area (TPSA) is 72.9 Å². The molecule has 26 heavy (non-hydrogen) atoms. The third-order valence-electron chi connectivity index (χ3n) is 4.49. The van der Waals surface area contributed by atoms with Gasteiger partial charge in [0.1, 0.15) is 24.0 Å². The zero-order valence-electron chi connectivity index (χ0n) is 17.3. The molecule has 3 atom stereocenters. The lowest BCUT2D eigenvalue weighted by Gasteiger charge is -2.34. The maximum atomic E-state index is 12.8. The van der Waals surface area contributed by atoms with E-state index in [2.05, 4.69) is 0 Å². The van der Waals surface area contributed by atoms with Crippen molar-refractivity contribution in [1.82, 2.24) is 4.90 Å². The highest BCUT2D eigenvalue weighted by atomic mass is 16.6. The number of ether oxygens (including phenoxy) is 2. The Morgan fingerprint density at radius 3 is 2.31 bits per heavy atom. The van der Waals surface area contributed by atoms with Crippen LogP contribution >= 0.6 is 0 Å².